The first-order valence-corrected chi connectivity index (χ1v) is 7.81. The standard InChI is InChI=1S/C17H23NO5/c1-22-10-5-11-23-14-7-3-2-6-13(14)18-15(19)12-17(16(20)21)8-4-9-17/h2-3,6-7H,4-5,8-12H2,1H3,(H,18,19)(H,20,21). The minimum Gasteiger partial charge on any atom is -0.491 e. The SMILES string of the molecule is COCCCOc1ccccc1NC(=O)CC1(C(=O)O)CCC1. The molecule has 1 amide bonds. The number of benzene rings is 1. The van der Waals surface area contributed by atoms with Gasteiger partial charge in [-0.05, 0) is 25.0 Å². The molecule has 0 radical (unpaired) electrons. The van der Waals surface area contributed by atoms with Crippen molar-refractivity contribution >= 4 is 17.6 Å². The molecule has 0 unspecified atom stereocenters. The van der Waals surface area contributed by atoms with Crippen molar-refractivity contribution in [1.29, 1.82) is 0 Å². The van der Waals surface area contributed by atoms with Gasteiger partial charge in [0.15, 0.2) is 0 Å². The van der Waals surface area contributed by atoms with Crippen LogP contribution in [0.5, 0.6) is 5.75 Å². The van der Waals surface area contributed by atoms with E-state index in [4.69, 9.17) is 9.47 Å². The van der Waals surface area contributed by atoms with Gasteiger partial charge in [-0.1, -0.05) is 18.6 Å². The van der Waals surface area contributed by atoms with Gasteiger partial charge in [-0.3, -0.25) is 9.59 Å². The van der Waals surface area contributed by atoms with E-state index in [0.29, 0.717) is 37.5 Å². The summed E-state index contributed by atoms with van der Waals surface area (Å²) in [4.78, 5) is 23.5. The number of rotatable bonds is 9. The van der Waals surface area contributed by atoms with Crippen molar-refractivity contribution in [2.75, 3.05) is 25.6 Å². The number of anilines is 1. The molecule has 0 spiro atoms. The fourth-order valence-corrected chi connectivity index (χ4v) is 2.65. The Morgan fingerprint density at radius 2 is 2.00 bits per heavy atom. The van der Waals surface area contributed by atoms with Crippen LogP contribution in [-0.4, -0.2) is 37.3 Å². The first kappa shape index (κ1) is 17.3. The Hall–Kier alpha value is -2.08. The third-order valence-corrected chi connectivity index (χ3v) is 4.17. The summed E-state index contributed by atoms with van der Waals surface area (Å²) in [5, 5.41) is 12.1. The zero-order valence-electron chi connectivity index (χ0n) is 13.3. The molecular formula is C17H23NO5. The molecule has 0 saturated heterocycles. The second kappa shape index (κ2) is 7.97. The average Bonchev–Trinajstić information content (AvgIpc) is 2.48. The lowest BCUT2D eigenvalue weighted by Gasteiger charge is -2.36. The van der Waals surface area contributed by atoms with Crippen LogP contribution in [0.3, 0.4) is 0 Å². The van der Waals surface area contributed by atoms with E-state index >= 15 is 0 Å². The number of amides is 1. The van der Waals surface area contributed by atoms with Crippen LogP contribution >= 0.6 is 0 Å². The quantitative estimate of drug-likeness (QED) is 0.683. The topological polar surface area (TPSA) is 84.9 Å². The van der Waals surface area contributed by atoms with Crippen molar-refractivity contribution in [3.05, 3.63) is 24.3 Å². The Kier molecular flexibility index (Phi) is 5.98. The molecule has 126 valence electrons. The Bertz CT molecular complexity index is 554. The van der Waals surface area contributed by atoms with Gasteiger partial charge < -0.3 is 19.9 Å². The number of nitrogens with one attached hydrogen (secondary N) is 1. The summed E-state index contributed by atoms with van der Waals surface area (Å²) >= 11 is 0. The minimum absolute atomic E-state index is 0.000340. The second-order valence-corrected chi connectivity index (χ2v) is 5.85. The number of carbonyl (C=O) groups is 2. The first-order chi connectivity index (χ1) is 11.1. The number of para-hydroxylation sites is 2. The summed E-state index contributed by atoms with van der Waals surface area (Å²) in [7, 11) is 1.63. The third kappa shape index (κ3) is 4.45. The van der Waals surface area contributed by atoms with Gasteiger partial charge in [0, 0.05) is 26.6 Å². The number of carboxylic acids is 1. The number of hydrogen-bond acceptors (Lipinski definition) is 4. The molecule has 0 bridgehead atoms. The number of hydrogen-bond donors (Lipinski definition) is 2. The number of methoxy groups -OCH3 is 1. The molecule has 0 heterocycles. The summed E-state index contributed by atoms with van der Waals surface area (Å²) in [6.45, 7) is 1.09. The zero-order chi connectivity index (χ0) is 16.7. The van der Waals surface area contributed by atoms with Gasteiger partial charge >= 0.3 is 5.97 Å². The first-order valence-electron chi connectivity index (χ1n) is 7.81. The highest BCUT2D eigenvalue weighted by molar-refractivity contribution is 5.95. The minimum atomic E-state index is -0.891. The monoisotopic (exact) mass is 321 g/mol. The van der Waals surface area contributed by atoms with E-state index < -0.39 is 11.4 Å². The van der Waals surface area contributed by atoms with Crippen LogP contribution < -0.4 is 10.1 Å². The molecule has 1 fully saturated rings. The predicted molar refractivity (Wildman–Crippen MR) is 85.6 cm³/mol. The predicted octanol–water partition coefficient (Wildman–Crippen LogP) is 2.69. The average molecular weight is 321 g/mol. The molecule has 1 aliphatic rings. The fourth-order valence-electron chi connectivity index (χ4n) is 2.65. The zero-order valence-corrected chi connectivity index (χ0v) is 13.3. The number of carboxylic acid groups (broad SMARTS) is 1. The molecule has 0 aliphatic heterocycles. The van der Waals surface area contributed by atoms with Crippen LogP contribution in [0.25, 0.3) is 0 Å². The highest BCUT2D eigenvalue weighted by Gasteiger charge is 2.45. The maximum Gasteiger partial charge on any atom is 0.310 e. The van der Waals surface area contributed by atoms with E-state index in [2.05, 4.69) is 5.32 Å². The molecule has 2 N–H and O–H groups in total. The lowest BCUT2D eigenvalue weighted by Crippen LogP contribution is -2.41. The number of ether oxygens (including phenoxy) is 2. The van der Waals surface area contributed by atoms with Crippen LogP contribution in [0.2, 0.25) is 0 Å². The number of carbonyl (C=O) groups excluding carboxylic acids is 1. The van der Waals surface area contributed by atoms with Gasteiger partial charge in [0.25, 0.3) is 0 Å². The second-order valence-electron chi connectivity index (χ2n) is 5.85. The Morgan fingerprint density at radius 3 is 2.61 bits per heavy atom. The van der Waals surface area contributed by atoms with Crippen molar-refractivity contribution in [3.8, 4) is 5.75 Å². The largest absolute Gasteiger partial charge is 0.491 e. The van der Waals surface area contributed by atoms with Gasteiger partial charge in [0.1, 0.15) is 5.75 Å². The highest BCUT2D eigenvalue weighted by Crippen LogP contribution is 2.44. The summed E-state index contributed by atoms with van der Waals surface area (Å²) in [6, 6.07) is 7.15. The molecule has 1 saturated carbocycles. The van der Waals surface area contributed by atoms with Crippen LogP contribution in [0.1, 0.15) is 32.1 Å². The van der Waals surface area contributed by atoms with Crippen LogP contribution in [-0.2, 0) is 14.3 Å². The highest BCUT2D eigenvalue weighted by atomic mass is 16.5. The van der Waals surface area contributed by atoms with Crippen molar-refractivity contribution in [1.82, 2.24) is 0 Å². The van der Waals surface area contributed by atoms with E-state index in [1.54, 1.807) is 25.3 Å². The lowest BCUT2D eigenvalue weighted by atomic mass is 9.66. The molecule has 1 aromatic carbocycles. The van der Waals surface area contributed by atoms with E-state index in [-0.39, 0.29) is 12.3 Å². The molecule has 23 heavy (non-hydrogen) atoms. The summed E-state index contributed by atoms with van der Waals surface area (Å²) in [5.41, 5.74) is -0.326. The van der Waals surface area contributed by atoms with Crippen molar-refractivity contribution < 1.29 is 24.2 Å². The molecule has 6 nitrogen and oxygen atoms in total. The van der Waals surface area contributed by atoms with Crippen LogP contribution in [0.15, 0.2) is 24.3 Å². The molecule has 2 rings (SSSR count). The van der Waals surface area contributed by atoms with E-state index in [1.165, 1.54) is 0 Å². The number of aliphatic carboxylic acids is 1. The third-order valence-electron chi connectivity index (χ3n) is 4.17. The van der Waals surface area contributed by atoms with Gasteiger partial charge in [-0.25, -0.2) is 0 Å². The van der Waals surface area contributed by atoms with Crippen LogP contribution in [0, 0.1) is 5.41 Å². The van der Waals surface area contributed by atoms with E-state index in [0.717, 1.165) is 12.8 Å². The van der Waals surface area contributed by atoms with Crippen molar-refractivity contribution in [3.63, 3.8) is 0 Å². The fraction of sp³-hybridized carbons (Fsp3) is 0.529. The normalized spacial score (nSPS) is 15.5. The summed E-state index contributed by atoms with van der Waals surface area (Å²) in [6.07, 6.45) is 2.73. The van der Waals surface area contributed by atoms with Crippen LogP contribution in [0.4, 0.5) is 5.69 Å². The Labute approximate surface area is 135 Å². The maximum absolute atomic E-state index is 12.2. The molecular weight excluding hydrogens is 298 g/mol. The Balaban J connectivity index is 1.94. The lowest BCUT2D eigenvalue weighted by molar-refractivity contribution is -0.157. The molecule has 6 heteroatoms. The maximum atomic E-state index is 12.2. The van der Waals surface area contributed by atoms with Gasteiger partial charge in [-0.2, -0.15) is 0 Å². The van der Waals surface area contributed by atoms with Gasteiger partial charge in [-0.15, -0.1) is 0 Å². The van der Waals surface area contributed by atoms with E-state index in [9.17, 15) is 14.7 Å². The van der Waals surface area contributed by atoms with Gasteiger partial charge in [0.05, 0.1) is 17.7 Å². The smallest absolute Gasteiger partial charge is 0.310 e. The molecule has 1 aliphatic carbocycles. The summed E-state index contributed by atoms with van der Waals surface area (Å²) in [5.74, 6) is -0.599. The molecule has 1 aromatic rings. The van der Waals surface area contributed by atoms with Crippen molar-refractivity contribution in [2.24, 2.45) is 5.41 Å². The Morgan fingerprint density at radius 1 is 1.26 bits per heavy atom. The summed E-state index contributed by atoms with van der Waals surface area (Å²) < 4.78 is 10.6. The van der Waals surface area contributed by atoms with E-state index in [1.807, 2.05) is 6.07 Å². The molecule has 0 atom stereocenters. The molecule has 0 aromatic heterocycles. The van der Waals surface area contributed by atoms with Crippen molar-refractivity contribution in [2.45, 2.75) is 32.1 Å². The van der Waals surface area contributed by atoms with Gasteiger partial charge in [0.2, 0.25) is 5.91 Å².